The molecule has 0 amide bonds. The monoisotopic (exact) mass is 283 g/mol. The summed E-state index contributed by atoms with van der Waals surface area (Å²) in [5.41, 5.74) is -1.70. The van der Waals surface area contributed by atoms with E-state index in [0.717, 1.165) is 0 Å². The van der Waals surface area contributed by atoms with E-state index in [-0.39, 0.29) is 41.1 Å². The molecule has 0 aromatic rings. The second-order valence-electron chi connectivity index (χ2n) is 6.61. The van der Waals surface area contributed by atoms with Crippen LogP contribution in [0.4, 0.5) is 0 Å². The Morgan fingerprint density at radius 1 is 0.650 bits per heavy atom. The van der Waals surface area contributed by atoms with Crippen molar-refractivity contribution in [2.45, 2.75) is 67.0 Å². The molecule has 0 rings (SSSR count). The first kappa shape index (κ1) is 19.0. The SMILES string of the molecule is CC(C)NC(C(=O)C(C)C)(C(=O)C(C)C)C(=O)C(C)C. The lowest BCUT2D eigenvalue weighted by atomic mass is 9.73. The van der Waals surface area contributed by atoms with Crippen LogP contribution in [0, 0.1) is 17.8 Å². The maximum atomic E-state index is 12.7. The van der Waals surface area contributed by atoms with Gasteiger partial charge in [-0.05, 0) is 13.8 Å². The molecule has 0 unspecified atom stereocenters. The molecule has 4 heteroatoms. The van der Waals surface area contributed by atoms with Crippen molar-refractivity contribution in [1.29, 1.82) is 0 Å². The van der Waals surface area contributed by atoms with Crippen LogP contribution in [-0.4, -0.2) is 28.9 Å². The lowest BCUT2D eigenvalue weighted by Crippen LogP contribution is -2.68. The molecule has 0 bridgehead atoms. The molecule has 0 saturated heterocycles. The van der Waals surface area contributed by atoms with E-state index in [1.54, 1.807) is 41.5 Å². The van der Waals surface area contributed by atoms with Crippen molar-refractivity contribution in [3.8, 4) is 0 Å². The fraction of sp³-hybridized carbons (Fsp3) is 0.812. The number of rotatable bonds is 8. The minimum absolute atomic E-state index is 0.136. The fourth-order valence-electron chi connectivity index (χ4n) is 2.31. The molecule has 0 radical (unpaired) electrons. The summed E-state index contributed by atoms with van der Waals surface area (Å²) in [7, 11) is 0. The van der Waals surface area contributed by atoms with Crippen molar-refractivity contribution >= 4 is 17.3 Å². The van der Waals surface area contributed by atoms with E-state index in [2.05, 4.69) is 5.32 Å². The average molecular weight is 283 g/mol. The molecule has 1 N–H and O–H groups in total. The van der Waals surface area contributed by atoms with Crippen molar-refractivity contribution in [2.75, 3.05) is 0 Å². The Morgan fingerprint density at radius 3 is 1.05 bits per heavy atom. The van der Waals surface area contributed by atoms with Gasteiger partial charge in [0, 0.05) is 23.8 Å². The van der Waals surface area contributed by atoms with Crippen LogP contribution in [0.2, 0.25) is 0 Å². The predicted molar refractivity (Wildman–Crippen MR) is 80.5 cm³/mol. The fourth-order valence-corrected chi connectivity index (χ4v) is 2.31. The van der Waals surface area contributed by atoms with Crippen LogP contribution in [0.3, 0.4) is 0 Å². The van der Waals surface area contributed by atoms with Crippen LogP contribution < -0.4 is 5.32 Å². The molecule has 0 spiro atoms. The Labute approximate surface area is 122 Å². The Morgan fingerprint density at radius 2 is 0.900 bits per heavy atom. The average Bonchev–Trinajstić information content (AvgIpc) is 2.32. The Balaban J connectivity index is 6.10. The predicted octanol–water partition coefficient (Wildman–Crippen LogP) is 2.40. The highest BCUT2D eigenvalue weighted by molar-refractivity contribution is 6.30. The van der Waals surface area contributed by atoms with Gasteiger partial charge in [0.05, 0.1) is 0 Å². The van der Waals surface area contributed by atoms with Gasteiger partial charge >= 0.3 is 0 Å². The minimum Gasteiger partial charge on any atom is -0.296 e. The van der Waals surface area contributed by atoms with Gasteiger partial charge in [-0.2, -0.15) is 0 Å². The summed E-state index contributed by atoms with van der Waals surface area (Å²) in [6.45, 7) is 14.0. The molecular formula is C16H29NO3. The van der Waals surface area contributed by atoms with Crippen molar-refractivity contribution in [1.82, 2.24) is 5.32 Å². The molecule has 0 fully saturated rings. The first-order chi connectivity index (χ1) is 8.98. The molecule has 20 heavy (non-hydrogen) atoms. The van der Waals surface area contributed by atoms with Gasteiger partial charge in [0.2, 0.25) is 0 Å². The largest absolute Gasteiger partial charge is 0.296 e. The van der Waals surface area contributed by atoms with E-state index in [0.29, 0.717) is 0 Å². The van der Waals surface area contributed by atoms with Crippen molar-refractivity contribution in [2.24, 2.45) is 17.8 Å². The Bertz CT molecular complexity index is 331. The molecular weight excluding hydrogens is 254 g/mol. The summed E-state index contributed by atoms with van der Waals surface area (Å²) in [5.74, 6) is -2.14. The van der Waals surface area contributed by atoms with E-state index in [1.807, 2.05) is 13.8 Å². The summed E-state index contributed by atoms with van der Waals surface area (Å²) in [6, 6.07) is -0.136. The first-order valence-corrected chi connectivity index (χ1v) is 7.39. The topological polar surface area (TPSA) is 63.2 Å². The number of carbonyl (C=O) groups excluding carboxylic acids is 3. The summed E-state index contributed by atoms with van der Waals surface area (Å²) in [6.07, 6.45) is 0. The highest BCUT2D eigenvalue weighted by atomic mass is 16.2. The van der Waals surface area contributed by atoms with Crippen LogP contribution in [0.25, 0.3) is 0 Å². The van der Waals surface area contributed by atoms with Crippen LogP contribution in [0.5, 0.6) is 0 Å². The van der Waals surface area contributed by atoms with Crippen LogP contribution >= 0.6 is 0 Å². The van der Waals surface area contributed by atoms with Gasteiger partial charge in [-0.15, -0.1) is 0 Å². The molecule has 0 aliphatic rings. The Kier molecular flexibility index (Phi) is 6.75. The zero-order chi connectivity index (χ0) is 16.2. The zero-order valence-electron chi connectivity index (χ0n) is 14.0. The van der Waals surface area contributed by atoms with Crippen molar-refractivity contribution < 1.29 is 14.4 Å². The van der Waals surface area contributed by atoms with Gasteiger partial charge in [-0.1, -0.05) is 41.5 Å². The number of nitrogens with one attached hydrogen (secondary N) is 1. The number of Topliss-reactive ketones (excluding diaryl/α,β-unsaturated/α-hetero) is 3. The summed E-state index contributed by atoms with van der Waals surface area (Å²) in [4.78, 5) is 38.1. The molecule has 4 nitrogen and oxygen atoms in total. The van der Waals surface area contributed by atoms with Crippen molar-refractivity contribution in [3.63, 3.8) is 0 Å². The molecule has 0 aromatic heterocycles. The highest BCUT2D eigenvalue weighted by Gasteiger charge is 2.53. The van der Waals surface area contributed by atoms with Crippen LogP contribution in [0.1, 0.15) is 55.4 Å². The first-order valence-electron chi connectivity index (χ1n) is 7.39. The zero-order valence-corrected chi connectivity index (χ0v) is 14.0. The van der Waals surface area contributed by atoms with Gasteiger partial charge in [0.25, 0.3) is 0 Å². The van der Waals surface area contributed by atoms with Crippen molar-refractivity contribution in [3.05, 3.63) is 0 Å². The highest BCUT2D eigenvalue weighted by Crippen LogP contribution is 2.24. The molecule has 0 aromatic carbocycles. The molecule has 0 atom stereocenters. The smallest absolute Gasteiger partial charge is 0.196 e. The van der Waals surface area contributed by atoms with Gasteiger partial charge in [0.1, 0.15) is 0 Å². The van der Waals surface area contributed by atoms with E-state index >= 15 is 0 Å². The van der Waals surface area contributed by atoms with Crippen LogP contribution in [-0.2, 0) is 14.4 Å². The maximum Gasteiger partial charge on any atom is 0.196 e. The maximum absolute atomic E-state index is 12.7. The van der Waals surface area contributed by atoms with Gasteiger partial charge in [-0.25, -0.2) is 0 Å². The third-order valence-corrected chi connectivity index (χ3v) is 3.19. The molecule has 0 heterocycles. The van der Waals surface area contributed by atoms with E-state index < -0.39 is 5.54 Å². The lowest BCUT2D eigenvalue weighted by Gasteiger charge is -2.36. The minimum atomic E-state index is -1.70. The third kappa shape index (κ3) is 3.75. The molecule has 0 aliphatic carbocycles. The normalized spacial score (nSPS) is 12.6. The summed E-state index contributed by atoms with van der Waals surface area (Å²) in [5, 5.41) is 2.99. The second-order valence-corrected chi connectivity index (χ2v) is 6.61. The van der Waals surface area contributed by atoms with Crippen LogP contribution in [0.15, 0.2) is 0 Å². The number of carbonyl (C=O) groups is 3. The molecule has 0 aliphatic heterocycles. The number of hydrogen-bond acceptors (Lipinski definition) is 4. The summed E-state index contributed by atoms with van der Waals surface area (Å²) < 4.78 is 0. The van der Waals surface area contributed by atoms with E-state index in [1.165, 1.54) is 0 Å². The van der Waals surface area contributed by atoms with Gasteiger partial charge in [0.15, 0.2) is 22.9 Å². The third-order valence-electron chi connectivity index (χ3n) is 3.19. The second kappa shape index (κ2) is 7.11. The number of hydrogen-bond donors (Lipinski definition) is 1. The molecule has 0 saturated carbocycles. The van der Waals surface area contributed by atoms with E-state index in [4.69, 9.17) is 0 Å². The summed E-state index contributed by atoms with van der Waals surface area (Å²) >= 11 is 0. The lowest BCUT2D eigenvalue weighted by molar-refractivity contribution is -0.149. The standard InChI is InChI=1S/C16H29NO3/c1-9(2)13(18)16(17-12(7)8,14(19)10(3)4)15(20)11(5)6/h9-12,17H,1-8H3. The van der Waals surface area contributed by atoms with Gasteiger partial charge < -0.3 is 0 Å². The Hall–Kier alpha value is -1.03. The molecule has 116 valence electrons. The number of ketones is 3. The quantitative estimate of drug-likeness (QED) is 0.695. The van der Waals surface area contributed by atoms with E-state index in [9.17, 15) is 14.4 Å². The van der Waals surface area contributed by atoms with Gasteiger partial charge in [-0.3, -0.25) is 19.7 Å².